The molecular weight excluding hydrogens is 650 g/mol. The van der Waals surface area contributed by atoms with Crippen molar-refractivity contribution >= 4 is 39.1 Å². The van der Waals surface area contributed by atoms with Crippen molar-refractivity contribution in [3.8, 4) is 5.75 Å². The van der Waals surface area contributed by atoms with Crippen LogP contribution in [-0.4, -0.2) is 69.3 Å². The molecule has 3 heterocycles. The number of carbonyl (C=O) groups excluding carboxylic acids is 2. The number of sulfonamides is 1. The highest BCUT2D eigenvalue weighted by molar-refractivity contribution is 7.90. The number of anilines is 1. The molecule has 9 nitrogen and oxygen atoms in total. The van der Waals surface area contributed by atoms with Crippen molar-refractivity contribution in [2.45, 2.75) is 83.2 Å². The van der Waals surface area contributed by atoms with E-state index in [0.717, 1.165) is 69.4 Å². The van der Waals surface area contributed by atoms with E-state index in [9.17, 15) is 18.0 Å². The maximum atomic E-state index is 13.5. The standard InChI is InChI=1S/C37H48ClN3O6S/c1-25-7-5-9-34(46-20-19-40-18-6-10-36(40)42)32-15-12-29(32)23-41-17-4-3-8-27-21-31(38)14-11-30(27)24-47-35-16-13-28(22-33(35)41)37(43)39-48(44,45)26(25)2/h5,9,11,13-14,16,21-22,25-26,29,32,34H,3-4,6-8,10,12,15,17-20,23-24H2,1-2H3,(H,39,43)/b9-5+/t25-,26+,29-,32+,34-/m0/s1. The second kappa shape index (κ2) is 15.2. The summed E-state index contributed by atoms with van der Waals surface area (Å²) >= 11 is 6.35. The molecule has 1 N–H and O–H groups in total. The fourth-order valence-corrected chi connectivity index (χ4v) is 8.86. The summed E-state index contributed by atoms with van der Waals surface area (Å²) in [6, 6.07) is 11.1. The normalized spacial score (nSPS) is 28.6. The van der Waals surface area contributed by atoms with Crippen LogP contribution in [0.25, 0.3) is 0 Å². The first kappa shape index (κ1) is 34.8. The summed E-state index contributed by atoms with van der Waals surface area (Å²) in [7, 11) is -3.94. The van der Waals surface area contributed by atoms with E-state index in [1.165, 1.54) is 5.56 Å². The Kier molecular flexibility index (Phi) is 11.0. The number of fused-ring (bicyclic) bond motifs is 3. The van der Waals surface area contributed by atoms with Crippen LogP contribution < -0.4 is 14.4 Å². The van der Waals surface area contributed by atoms with Crippen LogP contribution in [0.5, 0.6) is 5.75 Å². The molecule has 0 aromatic heterocycles. The Bertz CT molecular complexity index is 1630. The van der Waals surface area contributed by atoms with Crippen LogP contribution >= 0.6 is 11.6 Å². The van der Waals surface area contributed by atoms with Crippen LogP contribution in [0.15, 0.2) is 48.6 Å². The highest BCUT2D eigenvalue weighted by Gasteiger charge is 2.38. The molecule has 1 aliphatic carbocycles. The average Bonchev–Trinajstić information content (AvgIpc) is 3.44. The van der Waals surface area contributed by atoms with E-state index in [4.69, 9.17) is 21.1 Å². The number of nitrogens with one attached hydrogen (secondary N) is 1. The molecule has 2 bridgehead atoms. The summed E-state index contributed by atoms with van der Waals surface area (Å²) in [6.45, 7) is 7.24. The van der Waals surface area contributed by atoms with E-state index in [0.29, 0.717) is 49.3 Å². The van der Waals surface area contributed by atoms with Gasteiger partial charge in [-0.2, -0.15) is 0 Å². The van der Waals surface area contributed by atoms with Gasteiger partial charge in [0.1, 0.15) is 12.4 Å². The topological polar surface area (TPSA) is 105 Å². The van der Waals surface area contributed by atoms with Crippen molar-refractivity contribution in [2.75, 3.05) is 37.7 Å². The third kappa shape index (κ3) is 8.03. The fraction of sp³-hybridized carbons (Fsp3) is 0.568. The number of hydrogen-bond acceptors (Lipinski definition) is 7. The van der Waals surface area contributed by atoms with E-state index in [1.54, 1.807) is 25.1 Å². The van der Waals surface area contributed by atoms with Crippen molar-refractivity contribution in [1.29, 1.82) is 0 Å². The van der Waals surface area contributed by atoms with E-state index in [2.05, 4.69) is 15.7 Å². The molecular formula is C37H48ClN3O6S. The Morgan fingerprint density at radius 3 is 2.62 bits per heavy atom. The lowest BCUT2D eigenvalue weighted by atomic mass is 9.70. The van der Waals surface area contributed by atoms with E-state index in [-0.39, 0.29) is 29.4 Å². The number of aryl methyl sites for hydroxylation is 1. The first-order valence-electron chi connectivity index (χ1n) is 17.5. The van der Waals surface area contributed by atoms with Crippen molar-refractivity contribution in [2.24, 2.45) is 17.8 Å². The Morgan fingerprint density at radius 2 is 1.85 bits per heavy atom. The average molecular weight is 698 g/mol. The molecule has 6 rings (SSSR count). The van der Waals surface area contributed by atoms with Crippen LogP contribution in [0.1, 0.15) is 80.3 Å². The molecule has 2 fully saturated rings. The Hall–Kier alpha value is -3.08. The van der Waals surface area contributed by atoms with Crippen molar-refractivity contribution in [1.82, 2.24) is 9.62 Å². The van der Waals surface area contributed by atoms with Crippen LogP contribution in [-0.2, 0) is 32.6 Å². The number of benzene rings is 2. The first-order chi connectivity index (χ1) is 23.1. The number of likely N-dealkylation sites (tertiary alicyclic amines) is 1. The highest BCUT2D eigenvalue weighted by Crippen LogP contribution is 2.42. The zero-order valence-electron chi connectivity index (χ0n) is 28.0. The molecule has 2 aromatic carbocycles. The van der Waals surface area contributed by atoms with Gasteiger partial charge in [-0.25, -0.2) is 13.1 Å². The Balaban J connectivity index is 1.32. The molecule has 4 aliphatic rings. The van der Waals surface area contributed by atoms with Gasteiger partial charge < -0.3 is 19.3 Å². The molecule has 260 valence electrons. The Labute approximate surface area is 290 Å². The van der Waals surface area contributed by atoms with E-state index >= 15 is 0 Å². The lowest BCUT2D eigenvalue weighted by Gasteiger charge is -2.44. The number of rotatable bonds is 4. The summed E-state index contributed by atoms with van der Waals surface area (Å²) in [4.78, 5) is 29.9. The van der Waals surface area contributed by atoms with E-state index in [1.807, 2.05) is 36.1 Å². The van der Waals surface area contributed by atoms with Gasteiger partial charge in [-0.05, 0) is 111 Å². The van der Waals surface area contributed by atoms with Gasteiger partial charge in [0, 0.05) is 43.2 Å². The summed E-state index contributed by atoms with van der Waals surface area (Å²) < 4.78 is 42.1. The van der Waals surface area contributed by atoms with Crippen molar-refractivity contribution in [3.05, 3.63) is 70.3 Å². The maximum absolute atomic E-state index is 13.5. The molecule has 0 unspecified atom stereocenters. The lowest BCUT2D eigenvalue weighted by Crippen LogP contribution is -2.45. The quantitative estimate of drug-likeness (QED) is 0.383. The summed E-state index contributed by atoms with van der Waals surface area (Å²) in [5.41, 5.74) is 3.32. The van der Waals surface area contributed by atoms with Crippen molar-refractivity contribution < 1.29 is 27.5 Å². The summed E-state index contributed by atoms with van der Waals surface area (Å²) in [5, 5.41) is -0.0810. The molecule has 2 aromatic rings. The van der Waals surface area contributed by atoms with Crippen LogP contribution in [0.4, 0.5) is 5.69 Å². The van der Waals surface area contributed by atoms with Crippen LogP contribution in [0.3, 0.4) is 0 Å². The van der Waals surface area contributed by atoms with E-state index < -0.39 is 21.2 Å². The zero-order valence-corrected chi connectivity index (χ0v) is 29.6. The third-order valence-corrected chi connectivity index (χ3v) is 12.9. The zero-order chi connectivity index (χ0) is 33.8. The molecule has 5 atom stereocenters. The van der Waals surface area contributed by atoms with Crippen molar-refractivity contribution in [3.63, 3.8) is 0 Å². The van der Waals surface area contributed by atoms with Gasteiger partial charge in [-0.15, -0.1) is 0 Å². The molecule has 11 heteroatoms. The monoisotopic (exact) mass is 697 g/mol. The Morgan fingerprint density at radius 1 is 1.00 bits per heavy atom. The third-order valence-electron chi connectivity index (χ3n) is 10.8. The molecule has 0 spiro atoms. The van der Waals surface area contributed by atoms with Gasteiger partial charge in [-0.1, -0.05) is 36.7 Å². The van der Waals surface area contributed by atoms with Gasteiger partial charge >= 0.3 is 0 Å². The predicted octanol–water partition coefficient (Wildman–Crippen LogP) is 6.14. The van der Waals surface area contributed by atoms with Crippen LogP contribution in [0.2, 0.25) is 5.02 Å². The molecule has 3 aliphatic heterocycles. The number of allylic oxidation sites excluding steroid dienone is 1. The van der Waals surface area contributed by atoms with Gasteiger partial charge in [0.15, 0.2) is 0 Å². The minimum Gasteiger partial charge on any atom is -0.487 e. The number of nitrogens with zero attached hydrogens (tertiary/aromatic N) is 2. The van der Waals surface area contributed by atoms with Gasteiger partial charge in [-0.3, -0.25) is 9.59 Å². The number of amides is 2. The number of halogens is 1. The van der Waals surface area contributed by atoms with Gasteiger partial charge in [0.2, 0.25) is 15.9 Å². The second-order valence-corrected chi connectivity index (χ2v) is 16.4. The molecule has 48 heavy (non-hydrogen) atoms. The molecule has 0 radical (unpaired) electrons. The molecule has 1 saturated heterocycles. The van der Waals surface area contributed by atoms with Gasteiger partial charge in [0.05, 0.1) is 23.6 Å². The van der Waals surface area contributed by atoms with Gasteiger partial charge in [0.25, 0.3) is 5.91 Å². The predicted molar refractivity (Wildman–Crippen MR) is 188 cm³/mol. The first-order valence-corrected chi connectivity index (χ1v) is 19.4. The lowest BCUT2D eigenvalue weighted by molar-refractivity contribution is -0.128. The SMILES string of the molecule is C[C@@H]1[C@@H](C)C/C=C/[C@H](OCCN2CCCC2=O)[C@@H]2CC[C@H]2CN2CCCCc3cc(Cl)ccc3COc3ccc(cc32)C(=O)NS1(=O)=O. The molecule has 1 saturated carbocycles. The largest absolute Gasteiger partial charge is 0.487 e. The smallest absolute Gasteiger partial charge is 0.264 e. The number of ether oxygens (including phenoxy) is 2. The fourth-order valence-electron chi connectivity index (χ4n) is 7.38. The summed E-state index contributed by atoms with van der Waals surface area (Å²) in [6.07, 6.45) is 10.9. The second-order valence-electron chi connectivity index (χ2n) is 13.9. The highest BCUT2D eigenvalue weighted by atomic mass is 35.5. The summed E-state index contributed by atoms with van der Waals surface area (Å²) in [5.74, 6) is 0.605. The minimum atomic E-state index is -3.94. The number of carbonyl (C=O) groups is 2. The molecule has 2 amide bonds. The number of hydrogen-bond donors (Lipinski definition) is 1. The van der Waals surface area contributed by atoms with Crippen LogP contribution in [0, 0.1) is 17.8 Å². The minimum absolute atomic E-state index is 0.140. The maximum Gasteiger partial charge on any atom is 0.264 e.